The van der Waals surface area contributed by atoms with E-state index in [0.717, 1.165) is 19.5 Å². The van der Waals surface area contributed by atoms with Gasteiger partial charge in [-0.05, 0) is 13.5 Å². The SMILES string of the molecule is CN1C[C@@H](N)C[C@H](N)C1. The summed E-state index contributed by atoms with van der Waals surface area (Å²) in [6.45, 7) is 1.99. The number of likely N-dealkylation sites (tertiary alicyclic amines) is 1. The van der Waals surface area contributed by atoms with Crippen LogP contribution in [0.25, 0.3) is 0 Å². The number of piperidine rings is 1. The van der Waals surface area contributed by atoms with E-state index in [4.69, 9.17) is 11.5 Å². The predicted octanol–water partition coefficient (Wildman–Crippen LogP) is -1.02. The van der Waals surface area contributed by atoms with Crippen molar-refractivity contribution < 1.29 is 0 Å². The van der Waals surface area contributed by atoms with Crippen molar-refractivity contribution in [2.75, 3.05) is 20.1 Å². The van der Waals surface area contributed by atoms with E-state index in [1.54, 1.807) is 0 Å². The van der Waals surface area contributed by atoms with E-state index in [0.29, 0.717) is 12.1 Å². The summed E-state index contributed by atoms with van der Waals surface area (Å²) in [7, 11) is 2.05. The minimum absolute atomic E-state index is 0.291. The Morgan fingerprint density at radius 2 is 1.67 bits per heavy atom. The molecule has 1 aliphatic heterocycles. The normalized spacial score (nSPS) is 39.0. The Balaban J connectivity index is 2.34. The van der Waals surface area contributed by atoms with E-state index < -0.39 is 0 Å². The zero-order valence-corrected chi connectivity index (χ0v) is 5.88. The lowest BCUT2D eigenvalue weighted by Gasteiger charge is -2.31. The van der Waals surface area contributed by atoms with Crippen molar-refractivity contribution in [1.29, 1.82) is 0 Å². The van der Waals surface area contributed by atoms with Crippen molar-refractivity contribution in [1.82, 2.24) is 4.90 Å². The highest BCUT2D eigenvalue weighted by Gasteiger charge is 2.18. The first kappa shape index (κ1) is 6.99. The molecular formula is C6H15N3. The molecule has 9 heavy (non-hydrogen) atoms. The fraction of sp³-hybridized carbons (Fsp3) is 1.00. The van der Waals surface area contributed by atoms with Crippen molar-refractivity contribution in [2.45, 2.75) is 18.5 Å². The molecule has 3 heteroatoms. The fourth-order valence-corrected chi connectivity index (χ4v) is 1.41. The third-order valence-electron chi connectivity index (χ3n) is 1.70. The van der Waals surface area contributed by atoms with Crippen LogP contribution in [0.15, 0.2) is 0 Å². The van der Waals surface area contributed by atoms with Crippen LogP contribution >= 0.6 is 0 Å². The zero-order valence-electron chi connectivity index (χ0n) is 5.88. The number of nitrogens with two attached hydrogens (primary N) is 2. The van der Waals surface area contributed by atoms with Crippen LogP contribution in [0.2, 0.25) is 0 Å². The summed E-state index contributed by atoms with van der Waals surface area (Å²) in [6, 6.07) is 0.581. The van der Waals surface area contributed by atoms with Gasteiger partial charge in [-0.1, -0.05) is 0 Å². The smallest absolute Gasteiger partial charge is 0.0182 e. The van der Waals surface area contributed by atoms with E-state index in [-0.39, 0.29) is 0 Å². The van der Waals surface area contributed by atoms with Gasteiger partial charge < -0.3 is 16.4 Å². The molecule has 0 aliphatic carbocycles. The molecule has 0 aromatic carbocycles. The third-order valence-corrected chi connectivity index (χ3v) is 1.70. The molecule has 1 heterocycles. The number of nitrogens with zero attached hydrogens (tertiary/aromatic N) is 1. The van der Waals surface area contributed by atoms with Gasteiger partial charge in [0, 0.05) is 25.2 Å². The van der Waals surface area contributed by atoms with E-state index >= 15 is 0 Å². The van der Waals surface area contributed by atoms with Gasteiger partial charge >= 0.3 is 0 Å². The van der Waals surface area contributed by atoms with Gasteiger partial charge in [-0.25, -0.2) is 0 Å². The highest BCUT2D eigenvalue weighted by atomic mass is 15.1. The Hall–Kier alpha value is -0.120. The monoisotopic (exact) mass is 129 g/mol. The molecular weight excluding hydrogens is 114 g/mol. The molecule has 1 aliphatic rings. The van der Waals surface area contributed by atoms with Crippen molar-refractivity contribution in [3.63, 3.8) is 0 Å². The van der Waals surface area contributed by atoms with Crippen molar-refractivity contribution in [3.05, 3.63) is 0 Å². The highest BCUT2D eigenvalue weighted by molar-refractivity contribution is 4.81. The summed E-state index contributed by atoms with van der Waals surface area (Å²) < 4.78 is 0. The van der Waals surface area contributed by atoms with Crippen molar-refractivity contribution in [2.24, 2.45) is 11.5 Å². The van der Waals surface area contributed by atoms with E-state index in [9.17, 15) is 0 Å². The van der Waals surface area contributed by atoms with Crippen LogP contribution in [0, 0.1) is 0 Å². The number of likely N-dealkylation sites (N-methyl/N-ethyl adjacent to an activating group) is 1. The van der Waals surface area contributed by atoms with E-state index in [1.165, 1.54) is 0 Å². The van der Waals surface area contributed by atoms with Gasteiger partial charge in [-0.15, -0.1) is 0 Å². The van der Waals surface area contributed by atoms with Crippen LogP contribution < -0.4 is 11.5 Å². The molecule has 54 valence electrons. The topological polar surface area (TPSA) is 55.3 Å². The van der Waals surface area contributed by atoms with Crippen LogP contribution in [0.3, 0.4) is 0 Å². The molecule has 0 bridgehead atoms. The second kappa shape index (κ2) is 2.64. The molecule has 1 rings (SSSR count). The molecule has 0 amide bonds. The summed E-state index contributed by atoms with van der Waals surface area (Å²) in [5.41, 5.74) is 11.4. The minimum Gasteiger partial charge on any atom is -0.326 e. The van der Waals surface area contributed by atoms with Gasteiger partial charge in [0.15, 0.2) is 0 Å². The molecule has 0 unspecified atom stereocenters. The van der Waals surface area contributed by atoms with E-state index in [1.807, 2.05) is 0 Å². The molecule has 0 aromatic heterocycles. The Labute approximate surface area is 56.0 Å². The van der Waals surface area contributed by atoms with Crippen LogP contribution in [0.1, 0.15) is 6.42 Å². The highest BCUT2D eigenvalue weighted by Crippen LogP contribution is 2.03. The molecule has 1 fully saturated rings. The van der Waals surface area contributed by atoms with E-state index in [2.05, 4.69) is 11.9 Å². The molecule has 3 nitrogen and oxygen atoms in total. The fourth-order valence-electron chi connectivity index (χ4n) is 1.41. The lowest BCUT2D eigenvalue weighted by atomic mass is 10.0. The van der Waals surface area contributed by atoms with Gasteiger partial charge in [0.25, 0.3) is 0 Å². The number of hydrogen-bond acceptors (Lipinski definition) is 3. The largest absolute Gasteiger partial charge is 0.326 e. The Kier molecular flexibility index (Phi) is 2.05. The van der Waals surface area contributed by atoms with Crippen LogP contribution in [-0.4, -0.2) is 37.1 Å². The zero-order chi connectivity index (χ0) is 6.85. The van der Waals surface area contributed by atoms with Crippen LogP contribution in [0.5, 0.6) is 0 Å². The predicted molar refractivity (Wildman–Crippen MR) is 38.1 cm³/mol. The third kappa shape index (κ3) is 1.93. The summed E-state index contributed by atoms with van der Waals surface area (Å²) in [5.74, 6) is 0. The van der Waals surface area contributed by atoms with Gasteiger partial charge in [-0.2, -0.15) is 0 Å². The number of rotatable bonds is 0. The van der Waals surface area contributed by atoms with Crippen LogP contribution in [0.4, 0.5) is 0 Å². The molecule has 0 radical (unpaired) electrons. The minimum atomic E-state index is 0.291. The van der Waals surface area contributed by atoms with Gasteiger partial charge in [-0.3, -0.25) is 0 Å². The van der Waals surface area contributed by atoms with Gasteiger partial charge in [0.2, 0.25) is 0 Å². The lowest BCUT2D eigenvalue weighted by molar-refractivity contribution is 0.228. The average Bonchev–Trinajstić information content (AvgIpc) is 1.59. The first-order chi connectivity index (χ1) is 4.18. The van der Waals surface area contributed by atoms with Crippen molar-refractivity contribution >= 4 is 0 Å². The Bertz CT molecular complexity index is 69.3. The Morgan fingerprint density at radius 1 is 1.22 bits per heavy atom. The quantitative estimate of drug-likeness (QED) is 0.440. The maximum atomic E-state index is 5.69. The summed E-state index contributed by atoms with van der Waals surface area (Å²) in [4.78, 5) is 2.18. The van der Waals surface area contributed by atoms with Crippen molar-refractivity contribution in [3.8, 4) is 0 Å². The summed E-state index contributed by atoms with van der Waals surface area (Å²) in [5, 5.41) is 0. The second-order valence-corrected chi connectivity index (χ2v) is 2.98. The molecule has 0 aromatic rings. The average molecular weight is 129 g/mol. The second-order valence-electron chi connectivity index (χ2n) is 2.98. The summed E-state index contributed by atoms with van der Waals surface area (Å²) in [6.07, 6.45) is 0.977. The molecule has 2 atom stereocenters. The van der Waals surface area contributed by atoms with Gasteiger partial charge in [0.1, 0.15) is 0 Å². The molecule has 4 N–H and O–H groups in total. The first-order valence-corrected chi connectivity index (χ1v) is 3.38. The molecule has 1 saturated heterocycles. The van der Waals surface area contributed by atoms with Gasteiger partial charge in [0.05, 0.1) is 0 Å². The first-order valence-electron chi connectivity index (χ1n) is 3.38. The molecule has 0 saturated carbocycles. The Morgan fingerprint density at radius 3 is 2.00 bits per heavy atom. The standard InChI is InChI=1S/C6H15N3/c1-9-3-5(7)2-6(8)4-9/h5-6H,2-4,7-8H2,1H3/t5-,6-/m0/s1. The van der Waals surface area contributed by atoms with Crippen LogP contribution in [-0.2, 0) is 0 Å². The molecule has 0 spiro atoms. The maximum Gasteiger partial charge on any atom is 0.0182 e. The number of hydrogen-bond donors (Lipinski definition) is 2. The maximum absolute atomic E-state index is 5.69. The lowest BCUT2D eigenvalue weighted by Crippen LogP contribution is -2.50. The summed E-state index contributed by atoms with van der Waals surface area (Å²) >= 11 is 0.